The maximum atomic E-state index is 13.2. The first-order valence-electron chi connectivity index (χ1n) is 10.2. The van der Waals surface area contributed by atoms with Gasteiger partial charge in [-0.25, -0.2) is 14.8 Å². The van der Waals surface area contributed by atoms with Gasteiger partial charge in [-0.15, -0.1) is 11.3 Å². The van der Waals surface area contributed by atoms with Crippen molar-refractivity contribution in [2.75, 3.05) is 28.2 Å². The van der Waals surface area contributed by atoms with Crippen molar-refractivity contribution in [1.29, 1.82) is 0 Å². The van der Waals surface area contributed by atoms with Crippen molar-refractivity contribution in [3.05, 3.63) is 52.5 Å². The van der Waals surface area contributed by atoms with E-state index in [2.05, 4.69) is 20.2 Å². The minimum absolute atomic E-state index is 0.0612. The summed E-state index contributed by atoms with van der Waals surface area (Å²) >= 11 is 1.40. The number of halogens is 3. The highest BCUT2D eigenvalue weighted by Crippen LogP contribution is 2.41. The molecular weight excluding hydrogens is 439 g/mol. The van der Waals surface area contributed by atoms with Crippen LogP contribution in [0.2, 0.25) is 0 Å². The average molecular weight is 459 g/mol. The van der Waals surface area contributed by atoms with Crippen LogP contribution in [0.25, 0.3) is 11.3 Å². The van der Waals surface area contributed by atoms with Crippen LogP contribution in [0.1, 0.15) is 22.6 Å². The number of carbonyl (C=O) groups is 1. The van der Waals surface area contributed by atoms with Crippen molar-refractivity contribution < 1.29 is 18.0 Å². The smallest absolute Gasteiger partial charge is 0.366 e. The number of carbonyl (C=O) groups excluding carboxylic acids is 1. The van der Waals surface area contributed by atoms with Crippen molar-refractivity contribution >= 4 is 34.0 Å². The molecule has 10 heteroatoms. The van der Waals surface area contributed by atoms with E-state index >= 15 is 0 Å². The Labute approximate surface area is 186 Å². The van der Waals surface area contributed by atoms with Crippen LogP contribution in [0, 0.1) is 13.8 Å². The zero-order chi connectivity index (χ0) is 22.6. The molecule has 2 bridgehead atoms. The zero-order valence-electron chi connectivity index (χ0n) is 17.4. The highest BCUT2D eigenvalue weighted by atomic mass is 32.1. The summed E-state index contributed by atoms with van der Waals surface area (Å²) in [5.41, 5.74) is 1.66. The van der Waals surface area contributed by atoms with Gasteiger partial charge in [-0.1, -0.05) is 12.1 Å². The number of nitrogens with one attached hydrogen (secondary N) is 1. The van der Waals surface area contributed by atoms with Gasteiger partial charge in [0.15, 0.2) is 10.9 Å². The number of pyridine rings is 1. The Morgan fingerprint density at radius 2 is 2.00 bits per heavy atom. The fourth-order valence-electron chi connectivity index (χ4n) is 4.16. The van der Waals surface area contributed by atoms with E-state index in [1.54, 1.807) is 17.0 Å². The van der Waals surface area contributed by atoms with E-state index in [9.17, 15) is 18.0 Å². The molecule has 0 aliphatic carbocycles. The molecule has 1 fully saturated rings. The van der Waals surface area contributed by atoms with Crippen LogP contribution in [0.15, 0.2) is 36.4 Å². The molecule has 1 aromatic carbocycles. The van der Waals surface area contributed by atoms with Gasteiger partial charge in [0.05, 0.1) is 28.7 Å². The van der Waals surface area contributed by atoms with Crippen LogP contribution < -0.4 is 15.1 Å². The summed E-state index contributed by atoms with van der Waals surface area (Å²) in [6, 6.07) is 8.21. The third kappa shape index (κ3) is 3.58. The van der Waals surface area contributed by atoms with Crippen LogP contribution in [-0.4, -0.2) is 35.1 Å². The molecule has 2 amide bonds. The van der Waals surface area contributed by atoms with Crippen LogP contribution >= 0.6 is 11.3 Å². The highest BCUT2D eigenvalue weighted by Gasteiger charge is 2.40. The van der Waals surface area contributed by atoms with Gasteiger partial charge >= 0.3 is 12.2 Å². The first-order valence-corrected chi connectivity index (χ1v) is 11.0. The molecule has 6 nitrogen and oxygen atoms in total. The highest BCUT2D eigenvalue weighted by molar-refractivity contribution is 7.15. The number of urea groups is 1. The summed E-state index contributed by atoms with van der Waals surface area (Å²) in [6.45, 7) is 5.31. The van der Waals surface area contributed by atoms with E-state index in [0.29, 0.717) is 28.8 Å². The number of aryl methyl sites for hydroxylation is 2. The van der Waals surface area contributed by atoms with E-state index in [0.717, 1.165) is 41.4 Å². The number of amides is 2. The number of nitrogens with zero attached hydrogens (tertiary/aromatic N) is 4. The van der Waals surface area contributed by atoms with Crippen LogP contribution in [0.4, 0.5) is 34.6 Å². The number of anilines is 3. The van der Waals surface area contributed by atoms with E-state index in [1.165, 1.54) is 17.4 Å². The van der Waals surface area contributed by atoms with Gasteiger partial charge in [-0.2, -0.15) is 13.2 Å². The number of thiazole rings is 1. The summed E-state index contributed by atoms with van der Waals surface area (Å²) < 4.78 is 39.5. The monoisotopic (exact) mass is 459 g/mol. The summed E-state index contributed by atoms with van der Waals surface area (Å²) in [6.07, 6.45) is -3.65. The second-order valence-electron chi connectivity index (χ2n) is 7.97. The largest absolute Gasteiger partial charge is 0.416 e. The minimum atomic E-state index is -4.44. The zero-order valence-corrected chi connectivity index (χ0v) is 18.2. The summed E-state index contributed by atoms with van der Waals surface area (Å²) in [5.74, 6) is 0.455. The van der Waals surface area contributed by atoms with Gasteiger partial charge in [0.2, 0.25) is 0 Å². The molecule has 0 unspecified atom stereocenters. The summed E-state index contributed by atoms with van der Waals surface area (Å²) in [4.78, 5) is 27.1. The van der Waals surface area contributed by atoms with E-state index in [4.69, 9.17) is 0 Å². The molecule has 5 rings (SSSR count). The normalized spacial score (nSPS) is 17.5. The number of alkyl halides is 3. The Hall–Kier alpha value is -3.14. The van der Waals surface area contributed by atoms with Gasteiger partial charge in [0.25, 0.3) is 0 Å². The van der Waals surface area contributed by atoms with Crippen molar-refractivity contribution in [3.63, 3.8) is 0 Å². The molecular formula is C22H20F3N5OS. The van der Waals surface area contributed by atoms with Gasteiger partial charge in [0, 0.05) is 23.5 Å². The Morgan fingerprint density at radius 3 is 2.72 bits per heavy atom. The summed E-state index contributed by atoms with van der Waals surface area (Å²) in [5, 5.41) is 3.39. The molecule has 3 aromatic rings. The predicted molar refractivity (Wildman–Crippen MR) is 118 cm³/mol. The number of aromatic nitrogens is 2. The lowest BCUT2D eigenvalue weighted by molar-refractivity contribution is -0.137. The Morgan fingerprint density at radius 1 is 1.19 bits per heavy atom. The maximum absolute atomic E-state index is 13.2. The first-order chi connectivity index (χ1) is 15.2. The fourth-order valence-corrected chi connectivity index (χ4v) is 4.97. The lowest BCUT2D eigenvalue weighted by Gasteiger charge is -2.35. The molecule has 2 aromatic heterocycles. The van der Waals surface area contributed by atoms with Crippen molar-refractivity contribution in [2.45, 2.75) is 32.5 Å². The van der Waals surface area contributed by atoms with Crippen LogP contribution in [0.5, 0.6) is 0 Å². The minimum Gasteiger partial charge on any atom is -0.366 e. The predicted octanol–water partition coefficient (Wildman–Crippen LogP) is 5.47. The van der Waals surface area contributed by atoms with E-state index in [1.807, 2.05) is 19.9 Å². The molecule has 0 spiro atoms. The van der Waals surface area contributed by atoms with E-state index in [-0.39, 0.29) is 12.1 Å². The standard InChI is InChI=1S/C22H20F3N5OS/c1-12-13(2)32-20(26-12)28-21(31)30-16-8-9-29(11-16)18-7-6-17(27-19(18)30)14-4-3-5-15(10-14)22(23,24)25/h3-7,10,16H,8-9,11H2,1-2H3,(H,26,28,31)/t16-/m0/s1. The number of fused-ring (bicyclic) bond motifs is 4. The first kappa shape index (κ1) is 20.7. The van der Waals surface area contributed by atoms with Gasteiger partial charge < -0.3 is 4.90 Å². The van der Waals surface area contributed by atoms with E-state index < -0.39 is 11.7 Å². The molecule has 1 N–H and O–H groups in total. The van der Waals surface area contributed by atoms with Crippen LogP contribution in [-0.2, 0) is 6.18 Å². The molecule has 1 saturated heterocycles. The number of hydrogen-bond donors (Lipinski definition) is 1. The van der Waals surface area contributed by atoms with Gasteiger partial charge in [-0.3, -0.25) is 10.2 Å². The number of benzene rings is 1. The molecule has 32 heavy (non-hydrogen) atoms. The quantitative estimate of drug-likeness (QED) is 0.552. The molecule has 4 heterocycles. The molecule has 0 saturated carbocycles. The average Bonchev–Trinajstić information content (AvgIpc) is 3.30. The second kappa shape index (κ2) is 7.47. The molecule has 0 radical (unpaired) electrons. The van der Waals surface area contributed by atoms with Gasteiger partial charge in [0.1, 0.15) is 0 Å². The Balaban J connectivity index is 1.53. The van der Waals surface area contributed by atoms with Crippen molar-refractivity contribution in [1.82, 2.24) is 9.97 Å². The molecule has 1 atom stereocenters. The lowest BCUT2D eigenvalue weighted by Crippen LogP contribution is -2.48. The number of rotatable bonds is 2. The van der Waals surface area contributed by atoms with Gasteiger partial charge in [-0.05, 0) is 44.5 Å². The summed E-state index contributed by atoms with van der Waals surface area (Å²) in [7, 11) is 0. The molecule has 2 aliphatic heterocycles. The second-order valence-corrected chi connectivity index (χ2v) is 9.17. The fraction of sp³-hybridized carbons (Fsp3) is 0.318. The number of hydrogen-bond acceptors (Lipinski definition) is 5. The molecule has 166 valence electrons. The van der Waals surface area contributed by atoms with Crippen molar-refractivity contribution in [2.24, 2.45) is 0 Å². The third-order valence-corrected chi connectivity index (χ3v) is 6.89. The van der Waals surface area contributed by atoms with Crippen molar-refractivity contribution in [3.8, 4) is 11.3 Å². The SMILES string of the molecule is Cc1nc(NC(=O)N2c3nc(-c4cccc(C(F)(F)F)c4)ccc3N3CC[C@H]2C3)sc1C. The lowest BCUT2D eigenvalue weighted by atomic mass is 10.1. The topological polar surface area (TPSA) is 61.4 Å². The maximum Gasteiger partial charge on any atom is 0.416 e. The third-order valence-electron chi connectivity index (χ3n) is 5.90. The Bertz CT molecular complexity index is 1190. The van der Waals surface area contributed by atoms with Crippen LogP contribution in [0.3, 0.4) is 0 Å². The Kier molecular flexibility index (Phi) is 4.85. The molecule has 2 aliphatic rings.